The molecular weight excluding hydrogens is 218 g/mol. The number of hydroxylamine groups is 2. The number of rotatable bonds is 2. The molecule has 6 heteroatoms. The molecule has 90 valence electrons. The van der Waals surface area contributed by atoms with Gasteiger partial charge in [0, 0.05) is 12.2 Å². The number of hydrogen-bond acceptors (Lipinski definition) is 4. The molecule has 0 fully saturated rings. The topological polar surface area (TPSA) is 70.0 Å². The number of nitrogens with one attached hydrogen (secondary N) is 1. The number of imidazole rings is 1. The molecule has 0 aromatic carbocycles. The van der Waals surface area contributed by atoms with Crippen molar-refractivity contribution in [1.82, 2.24) is 24.8 Å². The van der Waals surface area contributed by atoms with E-state index in [4.69, 9.17) is 0 Å². The molecule has 0 radical (unpaired) electrons. The summed E-state index contributed by atoms with van der Waals surface area (Å²) < 4.78 is 2.11. The molecule has 0 bridgehead atoms. The third kappa shape index (κ3) is 1.57. The average molecular weight is 233 g/mol. The zero-order valence-electron chi connectivity index (χ0n) is 9.93. The Morgan fingerprint density at radius 2 is 2.29 bits per heavy atom. The van der Waals surface area contributed by atoms with E-state index in [0.29, 0.717) is 13.1 Å². The largest absolute Gasteiger partial charge is 0.325 e. The summed E-state index contributed by atoms with van der Waals surface area (Å²) >= 11 is 0. The highest BCUT2D eigenvalue weighted by atomic mass is 16.5. The maximum Gasteiger partial charge on any atom is 0.161 e. The SMILES string of the molecule is CCn1c(-c2cc(C)[nH]n2)nc2c1CN(O)C2. The van der Waals surface area contributed by atoms with Crippen LogP contribution in [0, 0.1) is 6.92 Å². The molecule has 0 aliphatic carbocycles. The second kappa shape index (κ2) is 3.68. The number of hydrogen-bond donors (Lipinski definition) is 2. The summed E-state index contributed by atoms with van der Waals surface area (Å²) in [6.07, 6.45) is 0. The van der Waals surface area contributed by atoms with Crippen molar-refractivity contribution in [2.45, 2.75) is 33.5 Å². The molecule has 2 N–H and O–H groups in total. The Morgan fingerprint density at radius 3 is 2.94 bits per heavy atom. The van der Waals surface area contributed by atoms with E-state index in [9.17, 15) is 5.21 Å². The predicted molar refractivity (Wildman–Crippen MR) is 61.3 cm³/mol. The molecular formula is C11H15N5O. The number of nitrogens with zero attached hydrogens (tertiary/aromatic N) is 4. The molecule has 6 nitrogen and oxygen atoms in total. The Kier molecular flexibility index (Phi) is 2.27. The van der Waals surface area contributed by atoms with Crippen LogP contribution in [-0.4, -0.2) is 30.0 Å². The lowest BCUT2D eigenvalue weighted by molar-refractivity contribution is -0.0985. The zero-order chi connectivity index (χ0) is 12.0. The predicted octanol–water partition coefficient (Wildman–Crippen LogP) is 1.31. The van der Waals surface area contributed by atoms with E-state index in [1.54, 1.807) is 0 Å². The number of fused-ring (bicyclic) bond motifs is 1. The third-order valence-corrected chi connectivity index (χ3v) is 3.07. The first kappa shape index (κ1) is 10.5. The van der Waals surface area contributed by atoms with Gasteiger partial charge >= 0.3 is 0 Å². The van der Waals surface area contributed by atoms with Gasteiger partial charge in [0.05, 0.1) is 24.5 Å². The lowest BCUT2D eigenvalue weighted by atomic mass is 10.3. The minimum absolute atomic E-state index is 0.499. The summed E-state index contributed by atoms with van der Waals surface area (Å²) in [7, 11) is 0. The van der Waals surface area contributed by atoms with Gasteiger partial charge < -0.3 is 9.77 Å². The standard InChI is InChI=1S/C11H15N5O/c1-3-16-10-6-15(17)5-9(10)12-11(16)8-4-7(2)13-14-8/h4,17H,3,5-6H2,1-2H3,(H,13,14). The maximum absolute atomic E-state index is 9.48. The maximum atomic E-state index is 9.48. The van der Waals surface area contributed by atoms with Crippen molar-refractivity contribution in [3.63, 3.8) is 0 Å². The number of aryl methyl sites for hydroxylation is 1. The van der Waals surface area contributed by atoms with Crippen LogP contribution in [0.15, 0.2) is 6.07 Å². The first-order chi connectivity index (χ1) is 8.19. The van der Waals surface area contributed by atoms with Gasteiger partial charge in [0.25, 0.3) is 0 Å². The summed E-state index contributed by atoms with van der Waals surface area (Å²) in [4.78, 5) is 4.57. The highest BCUT2D eigenvalue weighted by molar-refractivity contribution is 5.52. The second-order valence-corrected chi connectivity index (χ2v) is 4.33. The smallest absolute Gasteiger partial charge is 0.161 e. The van der Waals surface area contributed by atoms with E-state index in [0.717, 1.165) is 35.1 Å². The van der Waals surface area contributed by atoms with Gasteiger partial charge in [0.15, 0.2) is 5.82 Å². The van der Waals surface area contributed by atoms with Crippen molar-refractivity contribution in [3.8, 4) is 11.5 Å². The molecule has 1 aliphatic rings. The van der Waals surface area contributed by atoms with Crippen molar-refractivity contribution >= 4 is 0 Å². The molecule has 0 unspecified atom stereocenters. The van der Waals surface area contributed by atoms with Gasteiger partial charge in [-0.25, -0.2) is 4.98 Å². The van der Waals surface area contributed by atoms with Crippen molar-refractivity contribution in [3.05, 3.63) is 23.1 Å². The fourth-order valence-corrected chi connectivity index (χ4v) is 2.31. The summed E-state index contributed by atoms with van der Waals surface area (Å²) in [5, 5.41) is 17.9. The molecule has 0 amide bonds. The van der Waals surface area contributed by atoms with Gasteiger partial charge in [-0.3, -0.25) is 5.10 Å². The molecule has 1 aliphatic heterocycles. The van der Waals surface area contributed by atoms with Gasteiger partial charge in [-0.2, -0.15) is 10.2 Å². The van der Waals surface area contributed by atoms with Crippen LogP contribution < -0.4 is 0 Å². The van der Waals surface area contributed by atoms with Gasteiger partial charge in [0.1, 0.15) is 5.69 Å². The van der Waals surface area contributed by atoms with Crippen LogP contribution in [-0.2, 0) is 19.6 Å². The molecule has 2 aromatic heterocycles. The summed E-state index contributed by atoms with van der Waals surface area (Å²) in [5.74, 6) is 0.884. The van der Waals surface area contributed by atoms with Crippen LogP contribution in [0.1, 0.15) is 24.0 Å². The van der Waals surface area contributed by atoms with Gasteiger partial charge in [-0.15, -0.1) is 0 Å². The van der Waals surface area contributed by atoms with E-state index in [1.807, 2.05) is 13.0 Å². The lowest BCUT2D eigenvalue weighted by Crippen LogP contribution is -2.13. The number of H-pyrrole nitrogens is 1. The van der Waals surface area contributed by atoms with Crippen LogP contribution in [0.3, 0.4) is 0 Å². The highest BCUT2D eigenvalue weighted by Crippen LogP contribution is 2.27. The molecule has 0 spiro atoms. The van der Waals surface area contributed by atoms with Crippen LogP contribution in [0.5, 0.6) is 0 Å². The van der Waals surface area contributed by atoms with Crippen LogP contribution in [0.2, 0.25) is 0 Å². The van der Waals surface area contributed by atoms with E-state index in [-0.39, 0.29) is 0 Å². The zero-order valence-corrected chi connectivity index (χ0v) is 9.93. The molecule has 3 heterocycles. The van der Waals surface area contributed by atoms with Crippen LogP contribution in [0.4, 0.5) is 0 Å². The van der Waals surface area contributed by atoms with Gasteiger partial charge in [-0.05, 0) is 19.9 Å². The lowest BCUT2D eigenvalue weighted by Gasteiger charge is -2.08. The minimum Gasteiger partial charge on any atom is -0.325 e. The fourth-order valence-electron chi connectivity index (χ4n) is 2.31. The van der Waals surface area contributed by atoms with Crippen molar-refractivity contribution < 1.29 is 5.21 Å². The summed E-state index contributed by atoms with van der Waals surface area (Å²) in [6.45, 7) is 5.92. The van der Waals surface area contributed by atoms with Gasteiger partial charge in [0.2, 0.25) is 0 Å². The molecule has 3 rings (SSSR count). The first-order valence-corrected chi connectivity index (χ1v) is 5.73. The number of aromatic nitrogens is 4. The second-order valence-electron chi connectivity index (χ2n) is 4.33. The molecule has 0 atom stereocenters. The van der Waals surface area contributed by atoms with Crippen molar-refractivity contribution in [1.29, 1.82) is 0 Å². The average Bonchev–Trinajstić information content (AvgIpc) is 2.91. The molecule has 0 saturated carbocycles. The van der Waals surface area contributed by atoms with Crippen LogP contribution >= 0.6 is 0 Å². The Balaban J connectivity index is 2.10. The van der Waals surface area contributed by atoms with Gasteiger partial charge in [-0.1, -0.05) is 0 Å². The molecule has 2 aromatic rings. The normalized spacial score (nSPS) is 15.5. The van der Waals surface area contributed by atoms with E-state index in [1.165, 1.54) is 5.06 Å². The Bertz CT molecular complexity index is 556. The van der Waals surface area contributed by atoms with Crippen molar-refractivity contribution in [2.24, 2.45) is 0 Å². The van der Waals surface area contributed by atoms with E-state index < -0.39 is 0 Å². The summed E-state index contributed by atoms with van der Waals surface area (Å²) in [5.41, 5.74) is 3.92. The van der Waals surface area contributed by atoms with E-state index >= 15 is 0 Å². The Morgan fingerprint density at radius 1 is 1.47 bits per heavy atom. The minimum atomic E-state index is 0.499. The van der Waals surface area contributed by atoms with Crippen LogP contribution in [0.25, 0.3) is 11.5 Å². The van der Waals surface area contributed by atoms with Crippen molar-refractivity contribution in [2.75, 3.05) is 0 Å². The first-order valence-electron chi connectivity index (χ1n) is 5.73. The fraction of sp³-hybridized carbons (Fsp3) is 0.455. The molecule has 0 saturated heterocycles. The Hall–Kier alpha value is -1.66. The number of aromatic amines is 1. The quantitative estimate of drug-likeness (QED) is 0.820. The van der Waals surface area contributed by atoms with E-state index in [2.05, 4.69) is 26.7 Å². The third-order valence-electron chi connectivity index (χ3n) is 3.07. The molecule has 17 heavy (non-hydrogen) atoms. The highest BCUT2D eigenvalue weighted by Gasteiger charge is 2.26. The monoisotopic (exact) mass is 233 g/mol. The Labute approximate surface area is 98.9 Å². The summed E-state index contributed by atoms with van der Waals surface area (Å²) in [6, 6.07) is 1.99.